The third-order valence-corrected chi connectivity index (χ3v) is 6.51. The van der Waals surface area contributed by atoms with Crippen LogP contribution in [0.3, 0.4) is 0 Å². The molecule has 0 amide bonds. The number of alkyl halides is 3. The molecule has 0 bridgehead atoms. The molecule has 1 aliphatic carbocycles. The van der Waals surface area contributed by atoms with Crippen LogP contribution in [0.1, 0.15) is 48.2 Å². The first-order valence-corrected chi connectivity index (χ1v) is 12.3. The predicted molar refractivity (Wildman–Crippen MR) is 130 cm³/mol. The molecule has 198 valence electrons. The average Bonchev–Trinajstić information content (AvgIpc) is 3.29. The molecule has 1 aliphatic rings. The maximum absolute atomic E-state index is 12.9. The van der Waals surface area contributed by atoms with E-state index in [1.807, 2.05) is 22.9 Å². The number of rotatable bonds is 11. The SMILES string of the molecule is O=C(c1ccc2ccn(CCOc3ccc(C[C@H](OCC(F)(F)F)C(=O)O)cc3)c2n1)C1CCCCC1. The molecule has 0 radical (unpaired) electrons. The van der Waals surface area contributed by atoms with E-state index >= 15 is 0 Å². The molecular weight excluding hydrogens is 489 g/mol. The smallest absolute Gasteiger partial charge is 0.411 e. The molecule has 3 aromatic rings. The first kappa shape index (κ1) is 26.7. The highest BCUT2D eigenvalue weighted by atomic mass is 19.4. The van der Waals surface area contributed by atoms with E-state index in [1.54, 1.807) is 30.3 Å². The Morgan fingerprint density at radius 1 is 1.05 bits per heavy atom. The van der Waals surface area contributed by atoms with Crippen LogP contribution < -0.4 is 4.74 Å². The molecule has 1 saturated carbocycles. The van der Waals surface area contributed by atoms with Crippen LogP contribution in [0.4, 0.5) is 13.2 Å². The number of aromatic nitrogens is 2. The number of halogens is 3. The van der Waals surface area contributed by atoms with E-state index in [9.17, 15) is 22.8 Å². The summed E-state index contributed by atoms with van der Waals surface area (Å²) < 4.78 is 49.3. The van der Waals surface area contributed by atoms with Gasteiger partial charge in [0.25, 0.3) is 0 Å². The summed E-state index contributed by atoms with van der Waals surface area (Å²) in [7, 11) is 0. The topological polar surface area (TPSA) is 90.7 Å². The van der Waals surface area contributed by atoms with Gasteiger partial charge in [-0.05, 0) is 48.7 Å². The molecule has 1 atom stereocenters. The molecule has 0 unspecified atom stereocenters. The Hall–Kier alpha value is -3.40. The maximum Gasteiger partial charge on any atom is 0.411 e. The van der Waals surface area contributed by atoms with Gasteiger partial charge in [0.05, 0.1) is 6.54 Å². The lowest BCUT2D eigenvalue weighted by atomic mass is 9.85. The van der Waals surface area contributed by atoms with E-state index in [1.165, 1.54) is 6.42 Å². The first-order chi connectivity index (χ1) is 17.7. The third-order valence-electron chi connectivity index (χ3n) is 6.51. The summed E-state index contributed by atoms with van der Waals surface area (Å²) >= 11 is 0. The lowest BCUT2D eigenvalue weighted by Crippen LogP contribution is -2.31. The number of carboxylic acids is 1. The van der Waals surface area contributed by atoms with Crippen LogP contribution in [0.5, 0.6) is 5.75 Å². The van der Waals surface area contributed by atoms with E-state index in [0.717, 1.165) is 36.7 Å². The minimum Gasteiger partial charge on any atom is -0.492 e. The molecule has 37 heavy (non-hydrogen) atoms. The van der Waals surface area contributed by atoms with Crippen molar-refractivity contribution >= 4 is 22.8 Å². The molecule has 4 rings (SSSR count). The Kier molecular flexibility index (Phi) is 8.48. The van der Waals surface area contributed by atoms with E-state index in [2.05, 4.69) is 9.72 Å². The van der Waals surface area contributed by atoms with Crippen molar-refractivity contribution in [2.24, 2.45) is 5.92 Å². The Labute approximate surface area is 212 Å². The van der Waals surface area contributed by atoms with Crippen LogP contribution >= 0.6 is 0 Å². The van der Waals surface area contributed by atoms with Gasteiger partial charge in [-0.25, -0.2) is 9.78 Å². The van der Waals surface area contributed by atoms with Gasteiger partial charge in [-0.3, -0.25) is 4.79 Å². The van der Waals surface area contributed by atoms with Gasteiger partial charge < -0.3 is 19.1 Å². The van der Waals surface area contributed by atoms with Crippen molar-refractivity contribution in [3.8, 4) is 5.75 Å². The van der Waals surface area contributed by atoms with Gasteiger partial charge in [0.2, 0.25) is 0 Å². The summed E-state index contributed by atoms with van der Waals surface area (Å²) in [4.78, 5) is 28.8. The Balaban J connectivity index is 1.33. The number of carbonyl (C=O) groups is 2. The fourth-order valence-corrected chi connectivity index (χ4v) is 4.56. The minimum atomic E-state index is -4.60. The van der Waals surface area contributed by atoms with Gasteiger partial charge in [-0.2, -0.15) is 13.2 Å². The normalized spacial score (nSPS) is 15.5. The van der Waals surface area contributed by atoms with E-state index in [4.69, 9.17) is 9.84 Å². The van der Waals surface area contributed by atoms with Gasteiger partial charge in [-0.1, -0.05) is 31.4 Å². The quantitative estimate of drug-likeness (QED) is 0.340. The predicted octanol–water partition coefficient (Wildman–Crippen LogP) is 5.45. The summed E-state index contributed by atoms with van der Waals surface area (Å²) in [5.41, 5.74) is 1.73. The number of Topliss-reactive ketones (excluding diaryl/α,β-unsaturated/α-hetero) is 1. The van der Waals surface area contributed by atoms with Crippen molar-refractivity contribution in [3.63, 3.8) is 0 Å². The van der Waals surface area contributed by atoms with Crippen molar-refractivity contribution in [2.75, 3.05) is 13.2 Å². The second kappa shape index (κ2) is 11.8. The number of hydrogen-bond donors (Lipinski definition) is 1. The standard InChI is InChI=1S/C27H29F3N2O5/c28-27(29,30)17-37-23(26(34)35)16-18-6-9-21(10-7-18)36-15-14-32-13-12-20-8-11-22(31-25(20)32)24(33)19-4-2-1-3-5-19/h6-13,19,23H,1-5,14-17H2,(H,34,35)/t23-/m0/s1. The van der Waals surface area contributed by atoms with Crippen molar-refractivity contribution in [1.29, 1.82) is 0 Å². The van der Waals surface area contributed by atoms with Gasteiger partial charge in [0.1, 0.15) is 30.3 Å². The monoisotopic (exact) mass is 518 g/mol. The summed E-state index contributed by atoms with van der Waals surface area (Å²) in [5.74, 6) is -0.764. The molecule has 1 fully saturated rings. The molecule has 2 aromatic heterocycles. The number of carboxylic acid groups (broad SMARTS) is 1. The summed E-state index contributed by atoms with van der Waals surface area (Å²) in [6, 6.07) is 12.1. The Bertz CT molecular complexity index is 1220. The van der Waals surface area contributed by atoms with Crippen LogP contribution in [0.15, 0.2) is 48.7 Å². The van der Waals surface area contributed by atoms with E-state index in [-0.39, 0.29) is 18.1 Å². The van der Waals surface area contributed by atoms with Crippen LogP contribution in [-0.4, -0.2) is 51.9 Å². The fourth-order valence-electron chi connectivity index (χ4n) is 4.56. The van der Waals surface area contributed by atoms with Crippen LogP contribution in [0.2, 0.25) is 0 Å². The Morgan fingerprint density at radius 3 is 2.46 bits per heavy atom. The second-order valence-electron chi connectivity index (χ2n) is 9.27. The fraction of sp³-hybridized carbons (Fsp3) is 0.444. The number of benzene rings is 1. The number of pyridine rings is 1. The summed E-state index contributed by atoms with van der Waals surface area (Å²) in [5, 5.41) is 10.1. The number of ether oxygens (including phenoxy) is 2. The third kappa shape index (κ3) is 7.31. The molecule has 0 aliphatic heterocycles. The molecular formula is C27H29F3N2O5. The van der Waals surface area contributed by atoms with Gasteiger partial charge in [0.15, 0.2) is 11.9 Å². The zero-order valence-corrected chi connectivity index (χ0v) is 20.2. The van der Waals surface area contributed by atoms with Crippen LogP contribution in [-0.2, 0) is 22.5 Å². The average molecular weight is 519 g/mol. The highest BCUT2D eigenvalue weighted by Gasteiger charge is 2.31. The molecule has 1 N–H and O–H groups in total. The first-order valence-electron chi connectivity index (χ1n) is 12.3. The van der Waals surface area contributed by atoms with Crippen molar-refractivity contribution in [1.82, 2.24) is 9.55 Å². The van der Waals surface area contributed by atoms with Crippen LogP contribution in [0, 0.1) is 5.92 Å². The second-order valence-corrected chi connectivity index (χ2v) is 9.27. The molecule has 0 spiro atoms. The largest absolute Gasteiger partial charge is 0.492 e. The molecule has 10 heteroatoms. The minimum absolute atomic E-state index is 0.0513. The van der Waals surface area contributed by atoms with E-state index in [0.29, 0.717) is 30.2 Å². The van der Waals surface area contributed by atoms with Gasteiger partial charge in [-0.15, -0.1) is 0 Å². The summed E-state index contributed by atoms with van der Waals surface area (Å²) in [6.07, 6.45) is 0.685. The highest BCUT2D eigenvalue weighted by Crippen LogP contribution is 2.27. The number of fused-ring (bicyclic) bond motifs is 1. The van der Waals surface area contributed by atoms with Crippen molar-refractivity contribution in [3.05, 3.63) is 59.9 Å². The van der Waals surface area contributed by atoms with Crippen LogP contribution in [0.25, 0.3) is 11.0 Å². The Morgan fingerprint density at radius 2 is 1.78 bits per heavy atom. The molecule has 0 saturated heterocycles. The van der Waals surface area contributed by atoms with Crippen molar-refractivity contribution in [2.45, 2.75) is 57.3 Å². The zero-order chi connectivity index (χ0) is 26.4. The number of aliphatic carboxylic acids is 1. The zero-order valence-electron chi connectivity index (χ0n) is 20.2. The maximum atomic E-state index is 12.9. The van der Waals surface area contributed by atoms with Gasteiger partial charge >= 0.3 is 12.1 Å². The summed E-state index contributed by atoms with van der Waals surface area (Å²) in [6.45, 7) is -0.811. The molecule has 2 heterocycles. The number of hydrogen-bond acceptors (Lipinski definition) is 5. The van der Waals surface area contributed by atoms with Crippen molar-refractivity contribution < 1.29 is 37.3 Å². The number of carbonyl (C=O) groups excluding carboxylic acids is 1. The number of nitrogens with zero attached hydrogens (tertiary/aromatic N) is 2. The lowest BCUT2D eigenvalue weighted by molar-refractivity contribution is -0.192. The molecule has 7 nitrogen and oxygen atoms in total. The molecule has 1 aromatic carbocycles. The lowest BCUT2D eigenvalue weighted by Gasteiger charge is -2.19. The van der Waals surface area contributed by atoms with E-state index < -0.39 is 24.9 Å². The number of ketones is 1. The highest BCUT2D eigenvalue weighted by molar-refractivity contribution is 5.97. The van der Waals surface area contributed by atoms with Gasteiger partial charge in [0, 0.05) is 23.9 Å².